The average molecular weight is 536 g/mol. The number of aliphatic hydroxyl groups excluding tert-OH is 1. The number of benzene rings is 2. The number of aliphatic hydroxyl groups is 1. The van der Waals surface area contributed by atoms with Crippen molar-refractivity contribution in [2.45, 2.75) is 48.0 Å². The minimum atomic E-state index is -4.17. The highest BCUT2D eigenvalue weighted by atomic mass is 35.5. The van der Waals surface area contributed by atoms with E-state index in [1.165, 1.54) is 0 Å². The molecule has 0 radical (unpaired) electrons. The molecule has 8 heteroatoms. The summed E-state index contributed by atoms with van der Waals surface area (Å²) in [5.74, 6) is -0.195. The Bertz CT molecular complexity index is 1100. The number of carbonyl (C=O) groups excluding carboxylic acids is 3. The van der Waals surface area contributed by atoms with E-state index in [9.17, 15) is 24.1 Å². The fraction of sp³-hybridized carbons (Fsp3) is 0.464. The zero-order valence-corrected chi connectivity index (χ0v) is 24.3. The normalized spacial score (nSPS) is 11.7. The van der Waals surface area contributed by atoms with Gasteiger partial charge in [-0.25, -0.2) is 0 Å². The first kappa shape index (κ1) is 31.9. The number of rotatable bonds is 11. The van der Waals surface area contributed by atoms with E-state index in [1.54, 1.807) is 27.7 Å². The summed E-state index contributed by atoms with van der Waals surface area (Å²) >= 11 is 0. The maximum Gasteiger partial charge on any atom is 0.229 e. The summed E-state index contributed by atoms with van der Waals surface area (Å²) < 4.78 is 14.8. The second kappa shape index (κ2) is 12.4. The summed E-state index contributed by atoms with van der Waals surface area (Å²) in [6.45, 7) is 11.4. The van der Waals surface area contributed by atoms with Gasteiger partial charge in [0.25, 0.3) is 0 Å². The first-order valence-electron chi connectivity index (χ1n) is 11.9. The molecule has 0 spiro atoms. The molecule has 0 saturated heterocycles. The van der Waals surface area contributed by atoms with E-state index >= 15 is 0 Å². The van der Waals surface area contributed by atoms with Crippen molar-refractivity contribution in [1.29, 1.82) is 0 Å². The quantitative estimate of drug-likeness (QED) is 0.351. The molecule has 0 heterocycles. The molecule has 36 heavy (non-hydrogen) atoms. The Morgan fingerprint density at radius 2 is 1.14 bits per heavy atom. The summed E-state index contributed by atoms with van der Waals surface area (Å²) in [5, 5.41) is 9.25. The number of nitrogens with zero attached hydrogens (tertiary/aromatic N) is 1. The average Bonchev–Trinajstić information content (AvgIpc) is 2.69. The Labute approximate surface area is 221 Å². The van der Waals surface area contributed by atoms with Crippen molar-refractivity contribution in [1.82, 2.24) is 0 Å². The van der Waals surface area contributed by atoms with Crippen LogP contribution >= 0.6 is 7.14 Å². The van der Waals surface area contributed by atoms with Gasteiger partial charge in [-0.15, -0.1) is 0 Å². The van der Waals surface area contributed by atoms with Crippen molar-refractivity contribution in [3.05, 3.63) is 68.8 Å². The number of ketones is 1. The molecule has 0 amide bonds. The maximum atomic E-state index is 14.5. The third-order valence-electron chi connectivity index (χ3n) is 6.45. The predicted molar refractivity (Wildman–Crippen MR) is 141 cm³/mol. The summed E-state index contributed by atoms with van der Waals surface area (Å²) in [7, 11) is -0.530. The van der Waals surface area contributed by atoms with Gasteiger partial charge in [-0.3, -0.25) is 14.4 Å². The number of halogens is 1. The largest absolute Gasteiger partial charge is 1.00 e. The topological polar surface area (TPSA) is 88.5 Å². The van der Waals surface area contributed by atoms with Crippen LogP contribution in [0, 0.1) is 41.5 Å². The zero-order chi connectivity index (χ0) is 26.7. The highest BCUT2D eigenvalue weighted by Gasteiger charge is 2.43. The Morgan fingerprint density at radius 1 is 0.778 bits per heavy atom. The van der Waals surface area contributed by atoms with Gasteiger partial charge in [0.1, 0.15) is 13.1 Å². The van der Waals surface area contributed by atoms with Crippen LogP contribution in [0.2, 0.25) is 0 Å². The van der Waals surface area contributed by atoms with E-state index in [4.69, 9.17) is 0 Å². The van der Waals surface area contributed by atoms with Gasteiger partial charge in [0.15, 0.2) is 5.78 Å². The van der Waals surface area contributed by atoms with Gasteiger partial charge in [0.2, 0.25) is 18.2 Å². The minimum Gasteiger partial charge on any atom is -1.00 e. The lowest BCUT2D eigenvalue weighted by molar-refractivity contribution is -0.882. The lowest BCUT2D eigenvalue weighted by atomic mass is 10.0. The molecule has 0 fully saturated rings. The SMILES string of the molecule is Cc1cc(C)c(C(=O)P(=O)(CCC(=O)C[N+](C)(C)CCO)C(=O)c2c(C)cc(C)cc2C)c(C)c1.[Cl-]. The molecule has 0 atom stereocenters. The molecule has 2 aromatic carbocycles. The Kier molecular flexibility index (Phi) is 11.0. The zero-order valence-electron chi connectivity index (χ0n) is 22.7. The maximum absolute atomic E-state index is 14.5. The number of likely N-dealkylation sites (N-methyl/N-ethyl adjacent to an activating group) is 1. The van der Waals surface area contributed by atoms with Gasteiger partial charge in [-0.05, 0) is 63.8 Å². The Morgan fingerprint density at radius 3 is 1.47 bits per heavy atom. The fourth-order valence-corrected chi connectivity index (χ4v) is 7.46. The van der Waals surface area contributed by atoms with Crippen molar-refractivity contribution in [2.75, 3.05) is 40.0 Å². The van der Waals surface area contributed by atoms with E-state index in [-0.39, 0.29) is 48.4 Å². The molecule has 0 bridgehead atoms. The van der Waals surface area contributed by atoms with Crippen LogP contribution in [0.1, 0.15) is 60.5 Å². The lowest BCUT2D eigenvalue weighted by Gasteiger charge is -2.28. The molecule has 1 N–H and O–H groups in total. The van der Waals surface area contributed by atoms with Crippen molar-refractivity contribution in [2.24, 2.45) is 0 Å². The number of aryl methyl sites for hydroxylation is 6. The summed E-state index contributed by atoms with van der Waals surface area (Å²) in [4.78, 5) is 40.6. The van der Waals surface area contributed by atoms with Gasteiger partial charge < -0.3 is 26.6 Å². The van der Waals surface area contributed by atoms with E-state index in [0.29, 0.717) is 39.9 Å². The monoisotopic (exact) mass is 535 g/mol. The number of hydrogen-bond acceptors (Lipinski definition) is 5. The number of Topliss-reactive ketones (excluding diaryl/α,β-unsaturated/α-hetero) is 1. The predicted octanol–water partition coefficient (Wildman–Crippen LogP) is 1.91. The molecule has 0 aliphatic carbocycles. The van der Waals surface area contributed by atoms with Crippen LogP contribution in [-0.2, 0) is 9.36 Å². The van der Waals surface area contributed by atoms with Crippen LogP contribution in [0.25, 0.3) is 0 Å². The summed E-state index contributed by atoms with van der Waals surface area (Å²) in [5.41, 5.74) is 3.90. The van der Waals surface area contributed by atoms with Crippen LogP contribution in [0.15, 0.2) is 24.3 Å². The molecular weight excluding hydrogens is 497 g/mol. The fourth-order valence-electron chi connectivity index (χ4n) is 4.88. The van der Waals surface area contributed by atoms with Gasteiger partial charge in [-0.2, -0.15) is 0 Å². The molecule has 0 aliphatic heterocycles. The molecule has 6 nitrogen and oxygen atoms in total. The molecule has 0 unspecified atom stereocenters. The van der Waals surface area contributed by atoms with E-state index in [2.05, 4.69) is 0 Å². The molecule has 198 valence electrons. The van der Waals surface area contributed by atoms with E-state index in [0.717, 1.165) is 11.1 Å². The van der Waals surface area contributed by atoms with Gasteiger partial charge >= 0.3 is 0 Å². The third kappa shape index (κ3) is 7.23. The third-order valence-corrected chi connectivity index (χ3v) is 9.07. The van der Waals surface area contributed by atoms with Crippen LogP contribution in [0.4, 0.5) is 0 Å². The lowest BCUT2D eigenvalue weighted by Crippen LogP contribution is -3.00. The van der Waals surface area contributed by atoms with E-state index in [1.807, 2.05) is 52.2 Å². The molecule has 0 aromatic heterocycles. The second-order valence-electron chi connectivity index (χ2n) is 10.5. The summed E-state index contributed by atoms with van der Waals surface area (Å²) in [6.07, 6.45) is -0.447. The smallest absolute Gasteiger partial charge is 0.229 e. The standard InChI is InChI=1S/C28H39NO5P.ClH/c1-18-13-20(3)25(21(4)14-18)27(32)35(34,12-9-24(31)17-29(7,8)10-11-30)28(33)26-22(5)15-19(2)16-23(26)6;/h13-16,30H,9-12,17H2,1-8H3;1H/q+1;/p-1. The minimum absolute atomic E-state index is 0. The number of quaternary nitrogens is 1. The van der Waals surface area contributed by atoms with Crippen molar-refractivity contribution < 1.29 is 40.9 Å². The molecular formula is C28H39ClNO5P. The summed E-state index contributed by atoms with van der Waals surface area (Å²) in [6, 6.07) is 7.38. The molecule has 2 rings (SSSR count). The molecule has 2 aromatic rings. The highest BCUT2D eigenvalue weighted by Crippen LogP contribution is 2.54. The molecule has 0 aliphatic rings. The first-order chi connectivity index (χ1) is 16.1. The van der Waals surface area contributed by atoms with Crippen LogP contribution in [-0.4, -0.2) is 66.4 Å². The van der Waals surface area contributed by atoms with Crippen LogP contribution in [0.3, 0.4) is 0 Å². The van der Waals surface area contributed by atoms with E-state index < -0.39 is 18.2 Å². The van der Waals surface area contributed by atoms with Crippen LogP contribution in [0.5, 0.6) is 0 Å². The molecule has 0 saturated carbocycles. The number of hydrogen-bond donors (Lipinski definition) is 1. The van der Waals surface area contributed by atoms with Crippen molar-refractivity contribution in [3.63, 3.8) is 0 Å². The van der Waals surface area contributed by atoms with Crippen LogP contribution < -0.4 is 12.4 Å². The first-order valence-corrected chi connectivity index (χ1v) is 13.8. The van der Waals surface area contributed by atoms with Crippen molar-refractivity contribution >= 4 is 24.0 Å². The Balaban J connectivity index is 0.00000648. The van der Waals surface area contributed by atoms with Gasteiger partial charge in [0.05, 0.1) is 20.7 Å². The van der Waals surface area contributed by atoms with Gasteiger partial charge in [0, 0.05) is 23.7 Å². The second-order valence-corrected chi connectivity index (χ2v) is 13.2. The Hall–Kier alpha value is -2.11. The highest BCUT2D eigenvalue weighted by molar-refractivity contribution is 7.95. The number of carbonyl (C=O) groups is 3. The van der Waals surface area contributed by atoms with Gasteiger partial charge in [-0.1, -0.05) is 35.4 Å². The van der Waals surface area contributed by atoms with Crippen molar-refractivity contribution in [3.8, 4) is 0 Å².